The zero-order valence-corrected chi connectivity index (χ0v) is 17.1. The molecule has 1 N–H and O–H groups in total. The Hall–Kier alpha value is -1.97. The highest BCUT2D eigenvalue weighted by atomic mass is 32.2. The van der Waals surface area contributed by atoms with Crippen molar-refractivity contribution in [2.75, 3.05) is 11.1 Å². The topological polar surface area (TPSA) is 72.7 Å². The standard InChI is InChI=1S/C18H19N5OS3/c1-2-8-23-16(13-10-26-14-6-4-3-5-12(13)14)21-22-18(23)27-11-15(24)20-17-19-7-9-25-17/h2,7,9-10H,1,3-6,8,11H2,(H,19,20,24). The van der Waals surface area contributed by atoms with Crippen LogP contribution < -0.4 is 5.32 Å². The smallest absolute Gasteiger partial charge is 0.236 e. The van der Waals surface area contributed by atoms with Crippen LogP contribution in [-0.4, -0.2) is 31.4 Å². The van der Waals surface area contributed by atoms with Crippen molar-refractivity contribution in [2.24, 2.45) is 0 Å². The van der Waals surface area contributed by atoms with Gasteiger partial charge in [0.1, 0.15) is 0 Å². The molecule has 4 rings (SSSR count). The van der Waals surface area contributed by atoms with Gasteiger partial charge in [0.15, 0.2) is 16.1 Å². The van der Waals surface area contributed by atoms with Gasteiger partial charge in [0, 0.05) is 33.9 Å². The first-order valence-electron chi connectivity index (χ1n) is 8.72. The van der Waals surface area contributed by atoms with Crippen LogP contribution in [0.5, 0.6) is 0 Å². The lowest BCUT2D eigenvalue weighted by molar-refractivity contribution is -0.113. The van der Waals surface area contributed by atoms with Gasteiger partial charge in [0.25, 0.3) is 0 Å². The number of thioether (sulfide) groups is 1. The van der Waals surface area contributed by atoms with E-state index in [0.717, 1.165) is 23.8 Å². The summed E-state index contributed by atoms with van der Waals surface area (Å²) in [6.07, 6.45) is 8.27. The minimum absolute atomic E-state index is 0.0995. The van der Waals surface area contributed by atoms with Crippen LogP contribution in [-0.2, 0) is 24.2 Å². The molecule has 0 unspecified atom stereocenters. The summed E-state index contributed by atoms with van der Waals surface area (Å²) >= 11 is 4.60. The molecule has 0 atom stereocenters. The zero-order valence-electron chi connectivity index (χ0n) is 14.7. The number of allylic oxidation sites excluding steroid dienone is 1. The monoisotopic (exact) mass is 417 g/mol. The van der Waals surface area contributed by atoms with Gasteiger partial charge in [-0.15, -0.1) is 39.4 Å². The minimum Gasteiger partial charge on any atom is -0.301 e. The number of fused-ring (bicyclic) bond motifs is 1. The average Bonchev–Trinajstić information content (AvgIpc) is 3.40. The van der Waals surface area contributed by atoms with Gasteiger partial charge in [0.2, 0.25) is 5.91 Å². The molecule has 0 saturated heterocycles. The molecule has 3 aromatic heterocycles. The summed E-state index contributed by atoms with van der Waals surface area (Å²) in [5.41, 5.74) is 2.60. The number of aryl methyl sites for hydroxylation is 1. The summed E-state index contributed by atoms with van der Waals surface area (Å²) in [5, 5.41) is 17.0. The van der Waals surface area contributed by atoms with E-state index in [0.29, 0.717) is 11.7 Å². The number of amides is 1. The Morgan fingerprint density at radius 1 is 1.33 bits per heavy atom. The number of aromatic nitrogens is 4. The van der Waals surface area contributed by atoms with Crippen LogP contribution in [0.15, 0.2) is 34.8 Å². The highest BCUT2D eigenvalue weighted by Crippen LogP contribution is 2.36. The molecular weight excluding hydrogens is 398 g/mol. The molecule has 1 aliphatic carbocycles. The summed E-state index contributed by atoms with van der Waals surface area (Å²) in [7, 11) is 0. The van der Waals surface area contributed by atoms with Crippen LogP contribution in [0, 0.1) is 0 Å². The van der Waals surface area contributed by atoms with Crippen molar-refractivity contribution >= 4 is 45.5 Å². The lowest BCUT2D eigenvalue weighted by atomic mass is 9.95. The van der Waals surface area contributed by atoms with Crippen LogP contribution in [0.2, 0.25) is 0 Å². The zero-order chi connectivity index (χ0) is 18.6. The first kappa shape index (κ1) is 18.4. The Labute approximate surface area is 169 Å². The second-order valence-electron chi connectivity index (χ2n) is 6.14. The van der Waals surface area contributed by atoms with Gasteiger partial charge in [-0.1, -0.05) is 17.8 Å². The van der Waals surface area contributed by atoms with E-state index < -0.39 is 0 Å². The number of nitrogens with zero attached hydrogens (tertiary/aromatic N) is 4. The Morgan fingerprint density at radius 2 is 2.22 bits per heavy atom. The van der Waals surface area contributed by atoms with Crippen molar-refractivity contribution in [3.8, 4) is 11.4 Å². The number of thiazole rings is 1. The van der Waals surface area contributed by atoms with Gasteiger partial charge in [-0.25, -0.2) is 4.98 Å². The maximum absolute atomic E-state index is 12.1. The quantitative estimate of drug-likeness (QED) is 0.459. The maximum Gasteiger partial charge on any atom is 0.236 e. The number of nitrogens with one attached hydrogen (secondary N) is 1. The van der Waals surface area contributed by atoms with Gasteiger partial charge in [-0.2, -0.15) is 0 Å². The highest BCUT2D eigenvalue weighted by molar-refractivity contribution is 7.99. The molecule has 140 valence electrons. The summed E-state index contributed by atoms with van der Waals surface area (Å²) in [5.74, 6) is 1.03. The molecule has 27 heavy (non-hydrogen) atoms. The molecule has 9 heteroatoms. The van der Waals surface area contributed by atoms with Crippen LogP contribution >= 0.6 is 34.4 Å². The first-order chi connectivity index (χ1) is 13.3. The Bertz CT molecular complexity index is 945. The third-order valence-corrected chi connectivity index (χ3v) is 7.09. The van der Waals surface area contributed by atoms with Crippen molar-refractivity contribution < 1.29 is 4.79 Å². The lowest BCUT2D eigenvalue weighted by Gasteiger charge is -2.13. The number of hydrogen-bond acceptors (Lipinski definition) is 7. The Morgan fingerprint density at radius 3 is 3.04 bits per heavy atom. The summed E-state index contributed by atoms with van der Waals surface area (Å²) in [4.78, 5) is 17.7. The molecule has 3 aromatic rings. The summed E-state index contributed by atoms with van der Waals surface area (Å²) < 4.78 is 2.05. The summed E-state index contributed by atoms with van der Waals surface area (Å²) in [6, 6.07) is 0. The van der Waals surface area contributed by atoms with Crippen LogP contribution in [0.4, 0.5) is 5.13 Å². The van der Waals surface area contributed by atoms with Gasteiger partial charge in [0.05, 0.1) is 5.75 Å². The normalized spacial score (nSPS) is 13.3. The molecule has 6 nitrogen and oxygen atoms in total. The Balaban J connectivity index is 1.53. The number of anilines is 1. The fraction of sp³-hybridized carbons (Fsp3) is 0.333. The van der Waals surface area contributed by atoms with Crippen molar-refractivity contribution in [1.29, 1.82) is 0 Å². The number of carbonyl (C=O) groups is 1. The largest absolute Gasteiger partial charge is 0.301 e. The third kappa shape index (κ3) is 3.99. The molecule has 1 amide bonds. The van der Waals surface area contributed by atoms with Gasteiger partial charge in [-0.05, 0) is 31.2 Å². The third-order valence-electron chi connectivity index (χ3n) is 4.34. The van der Waals surface area contributed by atoms with Crippen LogP contribution in [0.1, 0.15) is 23.3 Å². The highest BCUT2D eigenvalue weighted by Gasteiger charge is 2.22. The van der Waals surface area contributed by atoms with E-state index >= 15 is 0 Å². The van der Waals surface area contributed by atoms with Gasteiger partial charge >= 0.3 is 0 Å². The van der Waals surface area contributed by atoms with E-state index in [-0.39, 0.29) is 11.7 Å². The minimum atomic E-state index is -0.0995. The molecule has 0 radical (unpaired) electrons. The van der Waals surface area contributed by atoms with Crippen molar-refractivity contribution in [3.63, 3.8) is 0 Å². The van der Waals surface area contributed by atoms with E-state index in [1.807, 2.05) is 27.4 Å². The predicted octanol–water partition coefficient (Wildman–Crippen LogP) is 4.26. The lowest BCUT2D eigenvalue weighted by Crippen LogP contribution is -2.14. The molecule has 1 aliphatic rings. The predicted molar refractivity (Wildman–Crippen MR) is 112 cm³/mol. The van der Waals surface area contributed by atoms with Gasteiger partial charge in [-0.3, -0.25) is 9.36 Å². The molecule has 0 aromatic carbocycles. The molecule has 3 heterocycles. The second kappa shape index (κ2) is 8.37. The van der Waals surface area contributed by atoms with Crippen LogP contribution in [0.3, 0.4) is 0 Å². The van der Waals surface area contributed by atoms with E-state index in [4.69, 9.17) is 0 Å². The molecule has 0 spiro atoms. The van der Waals surface area contributed by atoms with Crippen molar-refractivity contribution in [3.05, 3.63) is 40.1 Å². The van der Waals surface area contributed by atoms with Crippen LogP contribution in [0.25, 0.3) is 11.4 Å². The molecule has 0 saturated carbocycles. The Kier molecular flexibility index (Phi) is 5.70. The maximum atomic E-state index is 12.1. The molecule has 0 bridgehead atoms. The average molecular weight is 418 g/mol. The van der Waals surface area contributed by atoms with E-state index in [1.54, 1.807) is 6.20 Å². The number of hydrogen-bond donors (Lipinski definition) is 1. The van der Waals surface area contributed by atoms with Crippen molar-refractivity contribution in [1.82, 2.24) is 19.7 Å². The van der Waals surface area contributed by atoms with E-state index in [2.05, 4.69) is 32.5 Å². The first-order valence-corrected chi connectivity index (χ1v) is 11.5. The second-order valence-corrected chi connectivity index (χ2v) is 8.94. The van der Waals surface area contributed by atoms with E-state index in [1.165, 1.54) is 51.9 Å². The number of rotatable bonds is 7. The van der Waals surface area contributed by atoms with E-state index in [9.17, 15) is 4.79 Å². The summed E-state index contributed by atoms with van der Waals surface area (Å²) in [6.45, 7) is 4.48. The number of carbonyl (C=O) groups excluding carboxylic acids is 1. The number of thiophene rings is 1. The fourth-order valence-corrected chi connectivity index (χ4v) is 5.56. The SMILES string of the molecule is C=CCn1c(SCC(=O)Nc2nccs2)nnc1-c1csc2c1CCCC2. The molecule has 0 aliphatic heterocycles. The van der Waals surface area contributed by atoms with Gasteiger partial charge < -0.3 is 5.32 Å². The van der Waals surface area contributed by atoms with Crippen molar-refractivity contribution in [2.45, 2.75) is 37.4 Å². The molecule has 0 fully saturated rings. The molecular formula is C18H19N5OS3. The fourth-order valence-electron chi connectivity index (χ4n) is 3.14.